The molecule has 0 radical (unpaired) electrons. The van der Waals surface area contributed by atoms with Crippen LogP contribution >= 0.6 is 11.6 Å². The van der Waals surface area contributed by atoms with Crippen LogP contribution in [0.15, 0.2) is 0 Å². The third-order valence-electron chi connectivity index (χ3n) is 4.30. The maximum absolute atomic E-state index is 6.60. The van der Waals surface area contributed by atoms with Crippen LogP contribution < -0.4 is 5.32 Å². The molecule has 1 unspecified atom stereocenters. The van der Waals surface area contributed by atoms with E-state index in [0.29, 0.717) is 0 Å². The normalized spacial score (nSPS) is 14.4. The predicted octanol–water partition coefficient (Wildman–Crippen LogP) is 6.64. The van der Waals surface area contributed by atoms with Gasteiger partial charge in [0.05, 0.1) is 5.00 Å². The SMILES string of the molecule is CCCCCCCCCCCCC(Cl)(CCCC)NC. The van der Waals surface area contributed by atoms with Crippen molar-refractivity contribution >= 4 is 11.6 Å². The summed E-state index contributed by atoms with van der Waals surface area (Å²) in [7, 11) is 2.00. The van der Waals surface area contributed by atoms with Crippen molar-refractivity contribution in [3.05, 3.63) is 0 Å². The second-order valence-corrected chi connectivity index (χ2v) is 6.97. The molecule has 0 aromatic rings. The van der Waals surface area contributed by atoms with Gasteiger partial charge in [-0.1, -0.05) is 90.9 Å². The molecule has 0 bridgehead atoms. The lowest BCUT2D eigenvalue weighted by molar-refractivity contribution is 0.396. The van der Waals surface area contributed by atoms with E-state index in [2.05, 4.69) is 19.2 Å². The Morgan fingerprint density at radius 1 is 0.650 bits per heavy atom. The van der Waals surface area contributed by atoms with Gasteiger partial charge in [-0.05, 0) is 19.9 Å². The van der Waals surface area contributed by atoms with Crippen LogP contribution in [0.3, 0.4) is 0 Å². The van der Waals surface area contributed by atoms with Crippen molar-refractivity contribution in [2.45, 2.75) is 109 Å². The quantitative estimate of drug-likeness (QED) is 0.203. The van der Waals surface area contributed by atoms with Gasteiger partial charge in [0.25, 0.3) is 0 Å². The Kier molecular flexibility index (Phi) is 14.4. The first kappa shape index (κ1) is 20.2. The topological polar surface area (TPSA) is 12.0 Å². The molecule has 1 N–H and O–H groups in total. The first-order valence-corrected chi connectivity index (χ1v) is 9.44. The maximum atomic E-state index is 6.60. The minimum Gasteiger partial charge on any atom is -0.302 e. The molecule has 2 heteroatoms. The van der Waals surface area contributed by atoms with Crippen LogP contribution in [0.25, 0.3) is 0 Å². The molecule has 20 heavy (non-hydrogen) atoms. The van der Waals surface area contributed by atoms with Gasteiger partial charge in [0.1, 0.15) is 0 Å². The Balaban J connectivity index is 3.37. The van der Waals surface area contributed by atoms with Crippen molar-refractivity contribution in [1.29, 1.82) is 0 Å². The number of halogens is 1. The lowest BCUT2D eigenvalue weighted by Crippen LogP contribution is -2.36. The van der Waals surface area contributed by atoms with E-state index in [1.165, 1.54) is 77.0 Å². The van der Waals surface area contributed by atoms with Crippen molar-refractivity contribution in [3.63, 3.8) is 0 Å². The van der Waals surface area contributed by atoms with Gasteiger partial charge in [0.15, 0.2) is 0 Å². The minimum absolute atomic E-state index is 0.143. The average Bonchev–Trinajstić information content (AvgIpc) is 2.47. The summed E-state index contributed by atoms with van der Waals surface area (Å²) in [6.45, 7) is 4.51. The standard InChI is InChI=1S/C18H38ClN/c1-4-6-8-9-10-11-12-13-14-15-17-18(19,20-3)16-7-5-2/h20H,4-17H2,1-3H3. The summed E-state index contributed by atoms with van der Waals surface area (Å²) in [6, 6.07) is 0. The van der Waals surface area contributed by atoms with E-state index in [9.17, 15) is 0 Å². The van der Waals surface area contributed by atoms with Gasteiger partial charge < -0.3 is 5.32 Å². The van der Waals surface area contributed by atoms with E-state index >= 15 is 0 Å². The molecule has 0 amide bonds. The van der Waals surface area contributed by atoms with Crippen molar-refractivity contribution < 1.29 is 0 Å². The Hall–Kier alpha value is 0.250. The molecule has 0 fully saturated rings. The van der Waals surface area contributed by atoms with Gasteiger partial charge in [0, 0.05) is 0 Å². The van der Waals surface area contributed by atoms with Crippen molar-refractivity contribution in [1.82, 2.24) is 5.32 Å². The molecular weight excluding hydrogens is 266 g/mol. The van der Waals surface area contributed by atoms with E-state index in [0.717, 1.165) is 12.8 Å². The second kappa shape index (κ2) is 14.2. The van der Waals surface area contributed by atoms with Crippen LogP contribution in [0.1, 0.15) is 104 Å². The summed E-state index contributed by atoms with van der Waals surface area (Å²) in [5, 5.41) is 3.31. The average molecular weight is 304 g/mol. The highest BCUT2D eigenvalue weighted by atomic mass is 35.5. The summed E-state index contributed by atoms with van der Waals surface area (Å²) in [5.41, 5.74) is 0. The first-order valence-electron chi connectivity index (χ1n) is 9.06. The van der Waals surface area contributed by atoms with Crippen LogP contribution in [0.4, 0.5) is 0 Å². The van der Waals surface area contributed by atoms with E-state index in [-0.39, 0.29) is 5.00 Å². The number of hydrogen-bond acceptors (Lipinski definition) is 1. The highest BCUT2D eigenvalue weighted by Crippen LogP contribution is 2.26. The monoisotopic (exact) mass is 303 g/mol. The van der Waals surface area contributed by atoms with Crippen LogP contribution in [-0.2, 0) is 0 Å². The molecule has 0 aliphatic rings. The van der Waals surface area contributed by atoms with Crippen LogP contribution in [0, 0.1) is 0 Å². The highest BCUT2D eigenvalue weighted by molar-refractivity contribution is 6.23. The van der Waals surface area contributed by atoms with Gasteiger partial charge >= 0.3 is 0 Å². The van der Waals surface area contributed by atoms with Crippen LogP contribution in [0.2, 0.25) is 0 Å². The highest BCUT2D eigenvalue weighted by Gasteiger charge is 2.22. The zero-order valence-corrected chi connectivity index (χ0v) is 15.0. The molecule has 1 nitrogen and oxygen atoms in total. The Morgan fingerprint density at radius 3 is 1.50 bits per heavy atom. The summed E-state index contributed by atoms with van der Waals surface area (Å²) in [5.74, 6) is 0. The molecule has 0 aliphatic heterocycles. The van der Waals surface area contributed by atoms with Crippen LogP contribution in [0.5, 0.6) is 0 Å². The third kappa shape index (κ3) is 12.0. The summed E-state index contributed by atoms with van der Waals surface area (Å²) in [6.07, 6.45) is 18.6. The van der Waals surface area contributed by atoms with Gasteiger partial charge in [0.2, 0.25) is 0 Å². The Labute approximate surface area is 133 Å². The lowest BCUT2D eigenvalue weighted by atomic mass is 10.0. The fraction of sp³-hybridized carbons (Fsp3) is 1.00. The zero-order chi connectivity index (χ0) is 15.1. The third-order valence-corrected chi connectivity index (χ3v) is 4.87. The zero-order valence-electron chi connectivity index (χ0n) is 14.3. The molecule has 0 spiro atoms. The van der Waals surface area contributed by atoms with E-state index in [1.807, 2.05) is 7.05 Å². The Bertz CT molecular complexity index is 196. The van der Waals surface area contributed by atoms with Gasteiger partial charge in [-0.2, -0.15) is 0 Å². The van der Waals surface area contributed by atoms with E-state index in [1.54, 1.807) is 0 Å². The molecule has 0 rings (SSSR count). The van der Waals surface area contributed by atoms with E-state index < -0.39 is 0 Å². The van der Waals surface area contributed by atoms with Crippen molar-refractivity contribution in [2.75, 3.05) is 7.05 Å². The van der Waals surface area contributed by atoms with Gasteiger partial charge in [-0.3, -0.25) is 0 Å². The maximum Gasteiger partial charge on any atom is 0.0933 e. The molecule has 0 saturated carbocycles. The number of rotatable bonds is 15. The molecule has 1 atom stereocenters. The molecule has 0 heterocycles. The molecule has 0 aliphatic carbocycles. The number of unbranched alkanes of at least 4 members (excludes halogenated alkanes) is 10. The number of nitrogens with one attached hydrogen (secondary N) is 1. The first-order chi connectivity index (χ1) is 9.68. The summed E-state index contributed by atoms with van der Waals surface area (Å²) < 4.78 is 0. The van der Waals surface area contributed by atoms with Crippen LogP contribution in [-0.4, -0.2) is 12.0 Å². The fourth-order valence-electron chi connectivity index (χ4n) is 2.72. The van der Waals surface area contributed by atoms with Gasteiger partial charge in [-0.15, -0.1) is 11.6 Å². The number of alkyl halides is 1. The Morgan fingerprint density at radius 2 is 1.05 bits per heavy atom. The molecule has 0 saturated heterocycles. The molecule has 122 valence electrons. The predicted molar refractivity (Wildman–Crippen MR) is 93.6 cm³/mol. The smallest absolute Gasteiger partial charge is 0.0933 e. The van der Waals surface area contributed by atoms with Crippen molar-refractivity contribution in [2.24, 2.45) is 0 Å². The summed E-state index contributed by atoms with van der Waals surface area (Å²) in [4.78, 5) is -0.143. The molecule has 0 aromatic carbocycles. The minimum atomic E-state index is -0.143. The largest absolute Gasteiger partial charge is 0.302 e. The van der Waals surface area contributed by atoms with E-state index in [4.69, 9.17) is 11.6 Å². The van der Waals surface area contributed by atoms with Crippen molar-refractivity contribution in [3.8, 4) is 0 Å². The lowest BCUT2D eigenvalue weighted by Gasteiger charge is -2.26. The second-order valence-electron chi connectivity index (χ2n) is 6.25. The number of hydrogen-bond donors (Lipinski definition) is 1. The summed E-state index contributed by atoms with van der Waals surface area (Å²) >= 11 is 6.60. The molecule has 0 aromatic heterocycles. The molecular formula is C18H38ClN. The van der Waals surface area contributed by atoms with Gasteiger partial charge in [-0.25, -0.2) is 0 Å². The fourth-order valence-corrected chi connectivity index (χ4v) is 2.99.